The Bertz CT molecular complexity index is 594. The van der Waals surface area contributed by atoms with Gasteiger partial charge in [-0.05, 0) is 18.6 Å². The minimum absolute atomic E-state index is 0.0622. The summed E-state index contributed by atoms with van der Waals surface area (Å²) in [6.45, 7) is 2.85. The van der Waals surface area contributed by atoms with Crippen molar-refractivity contribution in [2.75, 3.05) is 7.11 Å². The number of nitro groups is 1. The third kappa shape index (κ3) is 2.54. The van der Waals surface area contributed by atoms with Crippen LogP contribution in [0.25, 0.3) is 11.4 Å². The van der Waals surface area contributed by atoms with Gasteiger partial charge in [0.25, 0.3) is 0 Å². The minimum atomic E-state index is -0.473. The summed E-state index contributed by atoms with van der Waals surface area (Å²) in [5.41, 5.74) is 0.682. The molecule has 1 heterocycles. The van der Waals surface area contributed by atoms with Gasteiger partial charge in [-0.1, -0.05) is 6.92 Å². The monoisotopic (exact) mass is 262 g/mol. The van der Waals surface area contributed by atoms with Gasteiger partial charge in [0.1, 0.15) is 6.33 Å². The number of methoxy groups -OCH3 is 1. The summed E-state index contributed by atoms with van der Waals surface area (Å²) in [7, 11) is 1.41. The molecule has 0 spiro atoms. The van der Waals surface area contributed by atoms with Crippen molar-refractivity contribution in [1.82, 2.24) is 14.8 Å². The van der Waals surface area contributed by atoms with Crippen molar-refractivity contribution in [2.45, 2.75) is 19.9 Å². The maximum atomic E-state index is 10.8. The molecule has 0 fully saturated rings. The number of ether oxygens (including phenoxy) is 1. The first kappa shape index (κ1) is 13.0. The maximum Gasteiger partial charge on any atom is 0.310 e. The molecule has 1 aromatic carbocycles. The van der Waals surface area contributed by atoms with Crippen molar-refractivity contribution in [3.8, 4) is 17.1 Å². The molecule has 2 aromatic rings. The second-order valence-electron chi connectivity index (χ2n) is 3.99. The highest BCUT2D eigenvalue weighted by Gasteiger charge is 2.17. The zero-order valence-electron chi connectivity index (χ0n) is 10.7. The number of nitro benzene ring substituents is 1. The number of aromatic nitrogens is 3. The lowest BCUT2D eigenvalue weighted by Crippen LogP contribution is -1.99. The third-order valence-corrected chi connectivity index (χ3v) is 2.71. The fourth-order valence-electron chi connectivity index (χ4n) is 1.85. The molecule has 0 radical (unpaired) electrons. The Morgan fingerprint density at radius 3 is 2.89 bits per heavy atom. The molecule has 0 aliphatic heterocycles. The first-order chi connectivity index (χ1) is 9.17. The van der Waals surface area contributed by atoms with Crippen LogP contribution in [0.4, 0.5) is 5.69 Å². The van der Waals surface area contributed by atoms with Gasteiger partial charge in [0.15, 0.2) is 11.6 Å². The van der Waals surface area contributed by atoms with E-state index in [0.29, 0.717) is 5.82 Å². The zero-order chi connectivity index (χ0) is 13.8. The van der Waals surface area contributed by atoms with E-state index in [2.05, 4.69) is 17.1 Å². The molecule has 100 valence electrons. The fraction of sp³-hybridized carbons (Fsp3) is 0.333. The predicted molar refractivity (Wildman–Crippen MR) is 69.0 cm³/mol. The largest absolute Gasteiger partial charge is 0.490 e. The summed E-state index contributed by atoms with van der Waals surface area (Å²) < 4.78 is 6.95. The summed E-state index contributed by atoms with van der Waals surface area (Å²) in [6, 6.07) is 4.67. The average Bonchev–Trinajstić information content (AvgIpc) is 2.86. The first-order valence-electron chi connectivity index (χ1n) is 5.88. The second kappa shape index (κ2) is 5.47. The van der Waals surface area contributed by atoms with Crippen molar-refractivity contribution in [1.29, 1.82) is 0 Å². The highest BCUT2D eigenvalue weighted by Crippen LogP contribution is 2.31. The molecule has 0 N–H and O–H groups in total. The highest BCUT2D eigenvalue weighted by molar-refractivity contribution is 5.63. The molecular weight excluding hydrogens is 248 g/mol. The molecule has 0 atom stereocenters. The Hall–Kier alpha value is -2.44. The molecule has 0 bridgehead atoms. The first-order valence-corrected chi connectivity index (χ1v) is 5.88. The van der Waals surface area contributed by atoms with E-state index in [1.807, 2.05) is 4.57 Å². The molecule has 7 heteroatoms. The molecular formula is C12H14N4O3. The molecule has 0 aliphatic rings. The van der Waals surface area contributed by atoms with Crippen LogP contribution in [-0.2, 0) is 6.54 Å². The summed E-state index contributed by atoms with van der Waals surface area (Å²) >= 11 is 0. The van der Waals surface area contributed by atoms with Gasteiger partial charge in [-0.25, -0.2) is 0 Å². The zero-order valence-corrected chi connectivity index (χ0v) is 10.7. The molecule has 0 saturated carbocycles. The van der Waals surface area contributed by atoms with E-state index < -0.39 is 4.92 Å². The Morgan fingerprint density at radius 1 is 1.47 bits per heavy atom. The predicted octanol–water partition coefficient (Wildman–Crippen LogP) is 2.27. The van der Waals surface area contributed by atoms with Crippen molar-refractivity contribution < 1.29 is 9.66 Å². The quantitative estimate of drug-likeness (QED) is 0.609. The lowest BCUT2D eigenvalue weighted by Gasteiger charge is -2.07. The molecule has 0 amide bonds. The lowest BCUT2D eigenvalue weighted by molar-refractivity contribution is -0.385. The van der Waals surface area contributed by atoms with E-state index in [9.17, 15) is 10.1 Å². The van der Waals surface area contributed by atoms with E-state index in [0.717, 1.165) is 18.5 Å². The highest BCUT2D eigenvalue weighted by atomic mass is 16.6. The van der Waals surface area contributed by atoms with Crippen LogP contribution in [0.3, 0.4) is 0 Å². The van der Waals surface area contributed by atoms with Gasteiger partial charge in [-0.3, -0.25) is 10.1 Å². The van der Waals surface area contributed by atoms with Crippen LogP contribution in [0.1, 0.15) is 13.3 Å². The normalized spacial score (nSPS) is 10.4. The number of nitrogens with zero attached hydrogens (tertiary/aromatic N) is 4. The number of aryl methyl sites for hydroxylation is 1. The average molecular weight is 262 g/mol. The van der Waals surface area contributed by atoms with Crippen molar-refractivity contribution >= 4 is 5.69 Å². The number of hydrogen-bond donors (Lipinski definition) is 0. The minimum Gasteiger partial charge on any atom is -0.490 e. The van der Waals surface area contributed by atoms with Crippen LogP contribution >= 0.6 is 0 Å². The van der Waals surface area contributed by atoms with Crippen LogP contribution in [0.5, 0.6) is 5.75 Å². The molecule has 0 unspecified atom stereocenters. The van der Waals surface area contributed by atoms with Crippen molar-refractivity contribution in [2.24, 2.45) is 0 Å². The summed E-state index contributed by atoms with van der Waals surface area (Å²) in [6.07, 6.45) is 2.60. The third-order valence-electron chi connectivity index (χ3n) is 2.71. The van der Waals surface area contributed by atoms with Gasteiger partial charge in [-0.2, -0.15) is 0 Å². The van der Waals surface area contributed by atoms with Crippen LogP contribution in [0.15, 0.2) is 24.5 Å². The lowest BCUT2D eigenvalue weighted by atomic mass is 10.1. The van der Waals surface area contributed by atoms with E-state index in [-0.39, 0.29) is 11.4 Å². The molecule has 2 rings (SSSR count). The van der Waals surface area contributed by atoms with Crippen LogP contribution in [0.2, 0.25) is 0 Å². The summed E-state index contributed by atoms with van der Waals surface area (Å²) in [5, 5.41) is 18.8. The van der Waals surface area contributed by atoms with Gasteiger partial charge in [-0.15, -0.1) is 10.2 Å². The van der Waals surface area contributed by atoms with E-state index >= 15 is 0 Å². The van der Waals surface area contributed by atoms with E-state index in [1.54, 1.807) is 18.5 Å². The Balaban J connectivity index is 2.45. The number of benzene rings is 1. The Labute approximate surface area is 110 Å². The second-order valence-corrected chi connectivity index (χ2v) is 3.99. The standard InChI is InChI=1S/C12H14N4O3/c1-3-6-15-8-13-14-12(15)9-4-5-10(16(17)18)11(7-9)19-2/h4-5,7-8H,3,6H2,1-2H3. The molecule has 1 aromatic heterocycles. The SMILES string of the molecule is CCCn1cnnc1-c1ccc([N+](=O)[O-])c(OC)c1. The fourth-order valence-corrected chi connectivity index (χ4v) is 1.85. The number of hydrogen-bond acceptors (Lipinski definition) is 5. The van der Waals surface area contributed by atoms with Gasteiger partial charge >= 0.3 is 5.69 Å². The molecule has 19 heavy (non-hydrogen) atoms. The van der Waals surface area contributed by atoms with Gasteiger partial charge in [0.05, 0.1) is 12.0 Å². The number of rotatable bonds is 5. The summed E-state index contributed by atoms with van der Waals surface area (Å²) in [5.74, 6) is 0.892. The van der Waals surface area contributed by atoms with E-state index in [4.69, 9.17) is 4.74 Å². The van der Waals surface area contributed by atoms with Crippen LogP contribution < -0.4 is 4.74 Å². The van der Waals surface area contributed by atoms with Gasteiger partial charge in [0.2, 0.25) is 0 Å². The topological polar surface area (TPSA) is 83.1 Å². The Kier molecular flexibility index (Phi) is 3.74. The van der Waals surface area contributed by atoms with Crippen LogP contribution in [-0.4, -0.2) is 26.8 Å². The van der Waals surface area contributed by atoms with Gasteiger partial charge in [0, 0.05) is 18.2 Å². The smallest absolute Gasteiger partial charge is 0.310 e. The Morgan fingerprint density at radius 2 is 2.26 bits per heavy atom. The van der Waals surface area contributed by atoms with Gasteiger partial charge < -0.3 is 9.30 Å². The molecule has 7 nitrogen and oxygen atoms in total. The van der Waals surface area contributed by atoms with E-state index in [1.165, 1.54) is 13.2 Å². The maximum absolute atomic E-state index is 10.8. The van der Waals surface area contributed by atoms with Crippen molar-refractivity contribution in [3.05, 3.63) is 34.6 Å². The van der Waals surface area contributed by atoms with Crippen LogP contribution in [0, 0.1) is 10.1 Å². The summed E-state index contributed by atoms with van der Waals surface area (Å²) in [4.78, 5) is 10.4. The molecule has 0 aliphatic carbocycles. The molecule has 0 saturated heterocycles. The van der Waals surface area contributed by atoms with Crippen molar-refractivity contribution in [3.63, 3.8) is 0 Å².